The molecule has 0 saturated carbocycles. The van der Waals surface area contributed by atoms with E-state index in [1.54, 1.807) is 36.4 Å². The molecular weight excluding hydrogens is 338 g/mol. The molecule has 1 aliphatic heterocycles. The summed E-state index contributed by atoms with van der Waals surface area (Å²) < 4.78 is 21.6. The molecule has 1 N–H and O–H groups in total. The number of nitrogens with one attached hydrogen (secondary N) is 1. The van der Waals surface area contributed by atoms with E-state index in [2.05, 4.69) is 5.32 Å². The van der Waals surface area contributed by atoms with Gasteiger partial charge >= 0.3 is 0 Å². The highest BCUT2D eigenvalue weighted by molar-refractivity contribution is 5.97. The molecule has 1 amide bonds. The number of hydrogen-bond acceptors (Lipinski definition) is 6. The fraction of sp³-hybridized carbons (Fsp3) is 0.263. The highest BCUT2D eigenvalue weighted by Crippen LogP contribution is 2.32. The number of ketones is 1. The van der Waals surface area contributed by atoms with Crippen LogP contribution in [0, 0.1) is 0 Å². The maximum absolute atomic E-state index is 12.2. The summed E-state index contributed by atoms with van der Waals surface area (Å²) in [5, 5.41) is 2.72. The molecule has 136 valence electrons. The molecule has 0 aromatic heterocycles. The maximum Gasteiger partial charge on any atom is 0.262 e. The Bertz CT molecular complexity index is 833. The number of carbonyl (C=O) groups excluding carboxylic acids is 2. The second-order valence-electron chi connectivity index (χ2n) is 5.61. The second kappa shape index (κ2) is 7.77. The smallest absolute Gasteiger partial charge is 0.262 e. The largest absolute Gasteiger partial charge is 0.497 e. The van der Waals surface area contributed by atoms with Crippen molar-refractivity contribution >= 4 is 17.4 Å². The summed E-state index contributed by atoms with van der Waals surface area (Å²) in [6.45, 7) is 2.16. The molecule has 1 aliphatic rings. The Labute approximate surface area is 150 Å². The van der Waals surface area contributed by atoms with Crippen molar-refractivity contribution in [3.05, 3.63) is 42.0 Å². The minimum Gasteiger partial charge on any atom is -0.497 e. The van der Waals surface area contributed by atoms with E-state index in [0.29, 0.717) is 47.5 Å². The summed E-state index contributed by atoms with van der Waals surface area (Å²) in [4.78, 5) is 23.9. The molecule has 0 radical (unpaired) electrons. The quantitative estimate of drug-likeness (QED) is 0.801. The standard InChI is InChI=1S/C19H19NO6/c1-12(21)15-5-4-14(23-2)10-17(15)26-11-19(22)20-13-3-6-16-18(9-13)25-8-7-24-16/h3-6,9-10H,7-8,11H2,1-2H3,(H,20,22). The van der Waals surface area contributed by atoms with Gasteiger partial charge in [0, 0.05) is 17.8 Å². The van der Waals surface area contributed by atoms with Crippen molar-refractivity contribution in [1.29, 1.82) is 0 Å². The summed E-state index contributed by atoms with van der Waals surface area (Å²) in [5.74, 6) is 1.55. The van der Waals surface area contributed by atoms with Gasteiger partial charge in [0.25, 0.3) is 5.91 Å². The number of amides is 1. The summed E-state index contributed by atoms with van der Waals surface area (Å²) in [5.41, 5.74) is 0.957. The van der Waals surface area contributed by atoms with Gasteiger partial charge in [-0.15, -0.1) is 0 Å². The SMILES string of the molecule is COc1ccc(C(C)=O)c(OCC(=O)Nc2ccc3c(c2)OCCO3)c1. The van der Waals surface area contributed by atoms with Gasteiger partial charge in [-0.25, -0.2) is 0 Å². The lowest BCUT2D eigenvalue weighted by Gasteiger charge is -2.19. The van der Waals surface area contributed by atoms with Gasteiger partial charge in [0.05, 0.1) is 12.7 Å². The number of carbonyl (C=O) groups is 2. The highest BCUT2D eigenvalue weighted by atomic mass is 16.6. The summed E-state index contributed by atoms with van der Waals surface area (Å²) in [6, 6.07) is 10.00. The van der Waals surface area contributed by atoms with Crippen LogP contribution < -0.4 is 24.3 Å². The van der Waals surface area contributed by atoms with E-state index in [1.165, 1.54) is 14.0 Å². The molecule has 7 heteroatoms. The van der Waals surface area contributed by atoms with Gasteiger partial charge in [0.1, 0.15) is 24.7 Å². The molecule has 7 nitrogen and oxygen atoms in total. The van der Waals surface area contributed by atoms with Crippen LogP contribution in [0.5, 0.6) is 23.0 Å². The van der Waals surface area contributed by atoms with Crippen molar-refractivity contribution in [2.45, 2.75) is 6.92 Å². The first-order valence-corrected chi connectivity index (χ1v) is 8.08. The number of ether oxygens (including phenoxy) is 4. The molecule has 0 atom stereocenters. The fourth-order valence-electron chi connectivity index (χ4n) is 2.50. The van der Waals surface area contributed by atoms with Crippen LogP contribution in [0.4, 0.5) is 5.69 Å². The predicted molar refractivity (Wildman–Crippen MR) is 94.6 cm³/mol. The van der Waals surface area contributed by atoms with Crippen molar-refractivity contribution in [2.75, 3.05) is 32.2 Å². The molecular formula is C19H19NO6. The van der Waals surface area contributed by atoms with Crippen molar-refractivity contribution in [3.8, 4) is 23.0 Å². The van der Waals surface area contributed by atoms with E-state index in [0.717, 1.165) is 0 Å². The van der Waals surface area contributed by atoms with Gasteiger partial charge in [0.2, 0.25) is 0 Å². The number of rotatable bonds is 6. The van der Waals surface area contributed by atoms with Gasteiger partial charge in [-0.05, 0) is 31.2 Å². The Morgan fingerprint density at radius 2 is 1.85 bits per heavy atom. The third-order valence-corrected chi connectivity index (χ3v) is 3.75. The Morgan fingerprint density at radius 1 is 1.08 bits per heavy atom. The molecule has 0 unspecified atom stereocenters. The van der Waals surface area contributed by atoms with E-state index >= 15 is 0 Å². The third kappa shape index (κ3) is 4.05. The molecule has 3 rings (SSSR count). The first-order valence-electron chi connectivity index (χ1n) is 8.08. The van der Waals surface area contributed by atoms with E-state index in [9.17, 15) is 9.59 Å². The zero-order chi connectivity index (χ0) is 18.5. The Balaban J connectivity index is 1.65. The van der Waals surface area contributed by atoms with E-state index in [4.69, 9.17) is 18.9 Å². The van der Waals surface area contributed by atoms with Crippen LogP contribution in [0.1, 0.15) is 17.3 Å². The number of Topliss-reactive ketones (excluding diaryl/α,β-unsaturated/α-hetero) is 1. The van der Waals surface area contributed by atoms with Crippen molar-refractivity contribution in [3.63, 3.8) is 0 Å². The number of anilines is 1. The Morgan fingerprint density at radius 3 is 2.58 bits per heavy atom. The topological polar surface area (TPSA) is 83.1 Å². The third-order valence-electron chi connectivity index (χ3n) is 3.75. The van der Waals surface area contributed by atoms with E-state index in [1.807, 2.05) is 0 Å². The van der Waals surface area contributed by atoms with Gasteiger partial charge in [-0.2, -0.15) is 0 Å². The number of hydrogen-bond donors (Lipinski definition) is 1. The van der Waals surface area contributed by atoms with Gasteiger partial charge in [-0.3, -0.25) is 9.59 Å². The molecule has 26 heavy (non-hydrogen) atoms. The van der Waals surface area contributed by atoms with Crippen LogP contribution in [-0.4, -0.2) is 38.6 Å². The van der Waals surface area contributed by atoms with Crippen LogP contribution in [0.15, 0.2) is 36.4 Å². The molecule has 0 bridgehead atoms. The summed E-state index contributed by atoms with van der Waals surface area (Å²) in [6.07, 6.45) is 0. The van der Waals surface area contributed by atoms with Crippen LogP contribution in [0.25, 0.3) is 0 Å². The van der Waals surface area contributed by atoms with E-state index < -0.39 is 0 Å². The van der Waals surface area contributed by atoms with E-state index in [-0.39, 0.29) is 18.3 Å². The summed E-state index contributed by atoms with van der Waals surface area (Å²) in [7, 11) is 1.52. The minimum atomic E-state index is -0.362. The van der Waals surface area contributed by atoms with Crippen molar-refractivity contribution < 1.29 is 28.5 Å². The lowest BCUT2D eigenvalue weighted by molar-refractivity contribution is -0.118. The van der Waals surface area contributed by atoms with Crippen LogP contribution in [0.3, 0.4) is 0 Å². The maximum atomic E-state index is 12.2. The Kier molecular flexibility index (Phi) is 5.26. The zero-order valence-electron chi connectivity index (χ0n) is 14.5. The molecule has 2 aromatic carbocycles. The summed E-state index contributed by atoms with van der Waals surface area (Å²) >= 11 is 0. The first kappa shape index (κ1) is 17.6. The van der Waals surface area contributed by atoms with Crippen LogP contribution in [-0.2, 0) is 4.79 Å². The highest BCUT2D eigenvalue weighted by Gasteiger charge is 2.14. The normalized spacial score (nSPS) is 12.2. The predicted octanol–water partition coefficient (Wildman–Crippen LogP) is 2.69. The second-order valence-corrected chi connectivity index (χ2v) is 5.61. The molecule has 0 saturated heterocycles. The molecule has 0 fully saturated rings. The first-order chi connectivity index (χ1) is 12.6. The average molecular weight is 357 g/mol. The Hall–Kier alpha value is -3.22. The van der Waals surface area contributed by atoms with Crippen LogP contribution >= 0.6 is 0 Å². The lowest BCUT2D eigenvalue weighted by atomic mass is 10.1. The molecule has 0 spiro atoms. The van der Waals surface area contributed by atoms with Gasteiger partial charge in [0.15, 0.2) is 23.9 Å². The van der Waals surface area contributed by atoms with Gasteiger partial charge in [-0.1, -0.05) is 0 Å². The molecule has 2 aromatic rings. The number of benzene rings is 2. The van der Waals surface area contributed by atoms with Gasteiger partial charge < -0.3 is 24.3 Å². The van der Waals surface area contributed by atoms with Crippen LogP contribution in [0.2, 0.25) is 0 Å². The lowest BCUT2D eigenvalue weighted by Crippen LogP contribution is -2.21. The molecule has 1 heterocycles. The number of fused-ring (bicyclic) bond motifs is 1. The average Bonchev–Trinajstić information content (AvgIpc) is 2.65. The van der Waals surface area contributed by atoms with Crippen molar-refractivity contribution in [1.82, 2.24) is 0 Å². The minimum absolute atomic E-state index is 0.158. The fourth-order valence-corrected chi connectivity index (χ4v) is 2.50. The monoisotopic (exact) mass is 357 g/mol. The number of methoxy groups -OCH3 is 1. The zero-order valence-corrected chi connectivity index (χ0v) is 14.5. The van der Waals surface area contributed by atoms with Crippen molar-refractivity contribution in [2.24, 2.45) is 0 Å². The molecule has 0 aliphatic carbocycles.